The molecule has 0 saturated carbocycles. The van der Waals surface area contributed by atoms with Crippen LogP contribution in [-0.2, 0) is 4.79 Å². The number of carbonyl (C=O) groups excluding carboxylic acids is 2. The summed E-state index contributed by atoms with van der Waals surface area (Å²) in [4.78, 5) is 25.4. The third-order valence-electron chi connectivity index (χ3n) is 3.21. The van der Waals surface area contributed by atoms with Crippen molar-refractivity contribution >= 4 is 34.4 Å². The van der Waals surface area contributed by atoms with Crippen LogP contribution in [0.3, 0.4) is 0 Å². The van der Waals surface area contributed by atoms with Gasteiger partial charge in [0.25, 0.3) is 5.91 Å². The average molecular weight is 383 g/mol. The Morgan fingerprint density at radius 3 is 3.00 bits per heavy atom. The normalized spacial score (nSPS) is 17.6. The lowest BCUT2D eigenvalue weighted by Crippen LogP contribution is -2.42. The van der Waals surface area contributed by atoms with Crippen molar-refractivity contribution in [1.82, 2.24) is 10.2 Å². The first-order valence-corrected chi connectivity index (χ1v) is 7.42. The van der Waals surface area contributed by atoms with Gasteiger partial charge in [0.2, 0.25) is 5.91 Å². The van der Waals surface area contributed by atoms with Crippen LogP contribution < -0.4 is 5.32 Å². The van der Waals surface area contributed by atoms with E-state index in [1.54, 1.807) is 18.2 Å². The van der Waals surface area contributed by atoms with Gasteiger partial charge in [-0.25, -0.2) is 0 Å². The van der Waals surface area contributed by atoms with Crippen molar-refractivity contribution in [1.29, 1.82) is 5.26 Å². The van der Waals surface area contributed by atoms with Gasteiger partial charge in [-0.1, -0.05) is 6.07 Å². The zero-order chi connectivity index (χ0) is 14.5. The molecule has 5 nitrogen and oxygen atoms in total. The second kappa shape index (κ2) is 6.70. The Morgan fingerprint density at radius 1 is 1.50 bits per heavy atom. The van der Waals surface area contributed by atoms with Gasteiger partial charge >= 0.3 is 0 Å². The standard InChI is InChI=1S/C14H14IN3O2/c15-11-4-1-3-10(7-11)14(20)17-9-13(19)18-6-2-5-12(18)8-16/h1,3-4,7,12H,2,5-6,9H2,(H,17,20). The highest BCUT2D eigenvalue weighted by Gasteiger charge is 2.28. The smallest absolute Gasteiger partial charge is 0.251 e. The molecule has 1 aliphatic heterocycles. The fourth-order valence-electron chi connectivity index (χ4n) is 2.19. The molecule has 0 bridgehead atoms. The Hall–Kier alpha value is -1.62. The summed E-state index contributed by atoms with van der Waals surface area (Å²) in [6, 6.07) is 8.92. The van der Waals surface area contributed by atoms with Crippen molar-refractivity contribution < 1.29 is 9.59 Å². The molecule has 20 heavy (non-hydrogen) atoms. The Balaban J connectivity index is 1.90. The molecule has 6 heteroatoms. The first kappa shape index (κ1) is 14.8. The predicted octanol–water partition coefficient (Wildman–Crippen LogP) is 1.54. The van der Waals surface area contributed by atoms with Crippen LogP contribution in [0.1, 0.15) is 23.2 Å². The molecular weight excluding hydrogens is 369 g/mol. The number of halogens is 1. The van der Waals surface area contributed by atoms with Crippen molar-refractivity contribution in [2.75, 3.05) is 13.1 Å². The number of carbonyl (C=O) groups is 2. The van der Waals surface area contributed by atoms with Crippen molar-refractivity contribution in [3.05, 3.63) is 33.4 Å². The fourth-order valence-corrected chi connectivity index (χ4v) is 2.73. The molecule has 0 aromatic heterocycles. The number of likely N-dealkylation sites (tertiary alicyclic amines) is 1. The molecule has 2 amide bonds. The lowest BCUT2D eigenvalue weighted by molar-refractivity contribution is -0.130. The maximum atomic E-state index is 12.0. The van der Waals surface area contributed by atoms with Crippen LogP contribution in [0.25, 0.3) is 0 Å². The zero-order valence-electron chi connectivity index (χ0n) is 10.8. The van der Waals surface area contributed by atoms with Crippen LogP contribution >= 0.6 is 22.6 Å². The Kier molecular flexibility index (Phi) is 4.95. The summed E-state index contributed by atoms with van der Waals surface area (Å²) >= 11 is 2.13. The molecule has 1 aliphatic rings. The van der Waals surface area contributed by atoms with Crippen molar-refractivity contribution in [3.63, 3.8) is 0 Å². The molecule has 1 saturated heterocycles. The summed E-state index contributed by atoms with van der Waals surface area (Å²) in [5.74, 6) is -0.474. The summed E-state index contributed by atoms with van der Waals surface area (Å²) in [6.45, 7) is 0.526. The minimum atomic E-state index is -0.350. The van der Waals surface area contributed by atoms with Gasteiger partial charge in [0.15, 0.2) is 0 Å². The van der Waals surface area contributed by atoms with E-state index in [2.05, 4.69) is 34.0 Å². The van der Waals surface area contributed by atoms with Gasteiger partial charge in [-0.15, -0.1) is 0 Å². The fraction of sp³-hybridized carbons (Fsp3) is 0.357. The summed E-state index contributed by atoms with van der Waals surface area (Å²) < 4.78 is 0.964. The van der Waals surface area contributed by atoms with Gasteiger partial charge in [-0.2, -0.15) is 5.26 Å². The minimum Gasteiger partial charge on any atom is -0.343 e. The highest BCUT2D eigenvalue weighted by atomic mass is 127. The molecule has 0 spiro atoms. The molecule has 0 radical (unpaired) electrons. The van der Waals surface area contributed by atoms with E-state index in [0.717, 1.165) is 9.99 Å². The Labute approximate surface area is 131 Å². The zero-order valence-corrected chi connectivity index (χ0v) is 13.0. The van der Waals surface area contributed by atoms with Gasteiger partial charge in [0, 0.05) is 15.7 Å². The molecular formula is C14H14IN3O2. The quantitative estimate of drug-likeness (QED) is 0.805. The van der Waals surface area contributed by atoms with Crippen LogP contribution in [0.4, 0.5) is 0 Å². The summed E-state index contributed by atoms with van der Waals surface area (Å²) in [5, 5.41) is 11.5. The van der Waals surface area contributed by atoms with Gasteiger partial charge in [0.05, 0.1) is 12.6 Å². The maximum Gasteiger partial charge on any atom is 0.251 e. The van der Waals surface area contributed by atoms with Crippen LogP contribution in [0.15, 0.2) is 24.3 Å². The van der Waals surface area contributed by atoms with Gasteiger partial charge < -0.3 is 10.2 Å². The number of nitrogens with zero attached hydrogens (tertiary/aromatic N) is 2. The van der Waals surface area contributed by atoms with Crippen molar-refractivity contribution in [2.45, 2.75) is 18.9 Å². The third kappa shape index (κ3) is 3.48. The Bertz CT molecular complexity index is 568. The summed E-state index contributed by atoms with van der Waals surface area (Å²) in [5.41, 5.74) is 0.531. The number of amides is 2. The van der Waals surface area contributed by atoms with E-state index in [4.69, 9.17) is 5.26 Å². The van der Waals surface area contributed by atoms with Crippen LogP contribution in [-0.4, -0.2) is 35.8 Å². The monoisotopic (exact) mass is 383 g/mol. The number of nitrogens with one attached hydrogen (secondary N) is 1. The van der Waals surface area contributed by atoms with Crippen molar-refractivity contribution in [3.8, 4) is 6.07 Å². The number of rotatable bonds is 3. The SMILES string of the molecule is N#CC1CCCN1C(=O)CNC(=O)c1cccc(I)c1. The molecule has 2 rings (SSSR count). The Morgan fingerprint density at radius 2 is 2.30 bits per heavy atom. The van der Waals surface area contributed by atoms with Crippen LogP contribution in [0, 0.1) is 14.9 Å². The molecule has 0 aliphatic carbocycles. The second-order valence-electron chi connectivity index (χ2n) is 4.57. The molecule has 1 fully saturated rings. The van der Waals surface area contributed by atoms with Gasteiger partial charge in [-0.3, -0.25) is 9.59 Å². The summed E-state index contributed by atoms with van der Waals surface area (Å²) in [7, 11) is 0. The number of hydrogen-bond acceptors (Lipinski definition) is 3. The average Bonchev–Trinajstić information content (AvgIpc) is 2.92. The molecule has 1 heterocycles. The molecule has 1 N–H and O–H groups in total. The maximum absolute atomic E-state index is 12.0. The molecule has 104 valence electrons. The van der Waals surface area contributed by atoms with Crippen LogP contribution in [0.2, 0.25) is 0 Å². The highest BCUT2D eigenvalue weighted by Crippen LogP contribution is 2.16. The third-order valence-corrected chi connectivity index (χ3v) is 3.88. The predicted molar refractivity (Wildman–Crippen MR) is 81.8 cm³/mol. The molecule has 1 unspecified atom stereocenters. The lowest BCUT2D eigenvalue weighted by Gasteiger charge is -2.19. The summed E-state index contributed by atoms with van der Waals surface area (Å²) in [6.07, 6.45) is 1.56. The van der Waals surface area contributed by atoms with Crippen molar-refractivity contribution in [2.24, 2.45) is 0 Å². The lowest BCUT2D eigenvalue weighted by atomic mass is 10.2. The minimum absolute atomic E-state index is 0.0670. The molecule has 1 atom stereocenters. The highest BCUT2D eigenvalue weighted by molar-refractivity contribution is 14.1. The van der Waals surface area contributed by atoms with E-state index < -0.39 is 0 Å². The number of benzene rings is 1. The largest absolute Gasteiger partial charge is 0.343 e. The first-order chi connectivity index (χ1) is 9.61. The first-order valence-electron chi connectivity index (χ1n) is 6.34. The van der Waals surface area contributed by atoms with Gasteiger partial charge in [0.1, 0.15) is 6.04 Å². The van der Waals surface area contributed by atoms with E-state index in [1.807, 2.05) is 6.07 Å². The number of nitriles is 1. The molecule has 1 aromatic rings. The topological polar surface area (TPSA) is 73.2 Å². The molecule has 1 aromatic carbocycles. The second-order valence-corrected chi connectivity index (χ2v) is 5.81. The van der Waals surface area contributed by atoms with E-state index in [0.29, 0.717) is 18.5 Å². The number of hydrogen-bond donors (Lipinski definition) is 1. The van der Waals surface area contributed by atoms with E-state index in [1.165, 1.54) is 4.90 Å². The van der Waals surface area contributed by atoms with E-state index in [9.17, 15) is 9.59 Å². The van der Waals surface area contributed by atoms with Crippen LogP contribution in [0.5, 0.6) is 0 Å². The van der Waals surface area contributed by atoms with E-state index in [-0.39, 0.29) is 24.4 Å². The van der Waals surface area contributed by atoms with Gasteiger partial charge in [-0.05, 0) is 53.6 Å². The van der Waals surface area contributed by atoms with E-state index >= 15 is 0 Å².